The highest BCUT2D eigenvalue weighted by atomic mass is 16.4. The fourth-order valence-electron chi connectivity index (χ4n) is 3.24. The lowest BCUT2D eigenvalue weighted by Gasteiger charge is -2.24. The van der Waals surface area contributed by atoms with Crippen molar-refractivity contribution in [1.29, 1.82) is 0 Å². The number of amides is 5. The monoisotopic (exact) mass is 525 g/mol. The Labute approximate surface area is 212 Å². The number of carbonyl (C=O) groups excluding carboxylic acids is 5. The van der Waals surface area contributed by atoms with Crippen LogP contribution in [0.4, 0.5) is 0 Å². The van der Waals surface area contributed by atoms with Gasteiger partial charge in [-0.05, 0) is 32.2 Å². The normalized spacial score (nSPS) is 14.0. The summed E-state index contributed by atoms with van der Waals surface area (Å²) in [7, 11) is 0. The predicted octanol–water partition coefficient (Wildman–Crippen LogP) is -3.91. The summed E-state index contributed by atoms with van der Waals surface area (Å²) in [5.74, 6) is -5.47. The molecular formula is C21H35N9O7. The minimum atomic E-state index is -1.52. The van der Waals surface area contributed by atoms with Crippen LogP contribution in [-0.2, 0) is 35.2 Å². The second-order valence-electron chi connectivity index (χ2n) is 8.37. The second kappa shape index (κ2) is 15.8. The van der Waals surface area contributed by atoms with E-state index in [1.54, 1.807) is 0 Å². The summed E-state index contributed by atoms with van der Waals surface area (Å²) in [5.41, 5.74) is 21.9. The summed E-state index contributed by atoms with van der Waals surface area (Å²) < 4.78 is 0. The van der Waals surface area contributed by atoms with Crippen LogP contribution in [0, 0.1) is 0 Å². The molecule has 0 radical (unpaired) electrons. The van der Waals surface area contributed by atoms with E-state index < -0.39 is 66.1 Å². The van der Waals surface area contributed by atoms with E-state index in [0.29, 0.717) is 25.1 Å². The molecule has 13 N–H and O–H groups in total. The molecule has 0 aliphatic carbocycles. The van der Waals surface area contributed by atoms with Crippen molar-refractivity contribution in [3.63, 3.8) is 0 Å². The second-order valence-corrected chi connectivity index (χ2v) is 8.37. The molecule has 0 saturated carbocycles. The quantitative estimate of drug-likeness (QED) is 0.0839. The van der Waals surface area contributed by atoms with E-state index in [1.807, 2.05) is 0 Å². The summed E-state index contributed by atoms with van der Waals surface area (Å²) in [6.45, 7) is 0.344. The van der Waals surface area contributed by atoms with E-state index in [1.165, 1.54) is 12.5 Å². The molecule has 0 aliphatic rings. The van der Waals surface area contributed by atoms with E-state index in [0.717, 1.165) is 0 Å². The number of hydrogen-bond donors (Lipinski definition) is 9. The zero-order valence-electron chi connectivity index (χ0n) is 20.3. The van der Waals surface area contributed by atoms with E-state index in [4.69, 9.17) is 22.9 Å². The summed E-state index contributed by atoms with van der Waals surface area (Å²) in [6, 6.07) is -5.24. The van der Waals surface area contributed by atoms with E-state index in [-0.39, 0.29) is 25.7 Å². The average Bonchev–Trinajstić information content (AvgIpc) is 3.33. The SMILES string of the molecule is NCCCCC(NC(=O)C(CC(N)=O)NC(=O)C(Cc1cnc[nH]1)NC(=O)C(N)CCC(N)=O)C(=O)O. The summed E-state index contributed by atoms with van der Waals surface area (Å²) in [5, 5.41) is 16.5. The van der Waals surface area contributed by atoms with Gasteiger partial charge in [-0.15, -0.1) is 0 Å². The van der Waals surface area contributed by atoms with Crippen molar-refractivity contribution in [3.8, 4) is 0 Å². The molecule has 4 atom stereocenters. The van der Waals surface area contributed by atoms with Crippen molar-refractivity contribution in [2.45, 2.75) is 69.1 Å². The number of nitrogens with zero attached hydrogens (tertiary/aromatic N) is 1. The van der Waals surface area contributed by atoms with Gasteiger partial charge in [0.2, 0.25) is 29.5 Å². The average molecular weight is 526 g/mol. The first kappa shape index (κ1) is 31.0. The molecule has 0 saturated heterocycles. The van der Waals surface area contributed by atoms with Crippen LogP contribution in [0.2, 0.25) is 0 Å². The number of nitrogens with two attached hydrogens (primary N) is 4. The number of primary amides is 2. The van der Waals surface area contributed by atoms with Crippen molar-refractivity contribution in [2.75, 3.05) is 6.54 Å². The van der Waals surface area contributed by atoms with Crippen LogP contribution >= 0.6 is 0 Å². The Balaban J connectivity index is 3.01. The van der Waals surface area contributed by atoms with Crippen molar-refractivity contribution < 1.29 is 33.9 Å². The van der Waals surface area contributed by atoms with Gasteiger partial charge < -0.3 is 49.0 Å². The smallest absolute Gasteiger partial charge is 0.326 e. The van der Waals surface area contributed by atoms with E-state index >= 15 is 0 Å². The van der Waals surface area contributed by atoms with Crippen molar-refractivity contribution in [1.82, 2.24) is 25.9 Å². The first-order chi connectivity index (χ1) is 17.4. The molecule has 1 heterocycles. The third-order valence-corrected chi connectivity index (χ3v) is 5.25. The van der Waals surface area contributed by atoms with Gasteiger partial charge in [0.05, 0.1) is 18.8 Å². The highest BCUT2D eigenvalue weighted by Crippen LogP contribution is 2.05. The van der Waals surface area contributed by atoms with Crippen LogP contribution in [0.25, 0.3) is 0 Å². The molecular weight excluding hydrogens is 490 g/mol. The summed E-state index contributed by atoms with van der Waals surface area (Å²) >= 11 is 0. The molecule has 5 amide bonds. The van der Waals surface area contributed by atoms with E-state index in [2.05, 4.69) is 25.9 Å². The topological polar surface area (TPSA) is 292 Å². The van der Waals surface area contributed by atoms with Gasteiger partial charge in [0.25, 0.3) is 0 Å². The number of aromatic amines is 1. The Morgan fingerprint density at radius 1 is 0.892 bits per heavy atom. The third kappa shape index (κ3) is 12.0. The number of carboxylic acid groups (broad SMARTS) is 1. The number of aliphatic carboxylic acids is 1. The van der Waals surface area contributed by atoms with Crippen LogP contribution in [0.1, 0.15) is 44.2 Å². The Bertz CT molecular complexity index is 939. The predicted molar refractivity (Wildman–Crippen MR) is 129 cm³/mol. The number of aromatic nitrogens is 2. The highest BCUT2D eigenvalue weighted by molar-refractivity contribution is 5.96. The zero-order valence-corrected chi connectivity index (χ0v) is 20.3. The molecule has 0 aliphatic heterocycles. The van der Waals surface area contributed by atoms with Gasteiger partial charge in [0.1, 0.15) is 18.1 Å². The number of carboxylic acids is 1. The summed E-state index contributed by atoms with van der Waals surface area (Å²) in [6.07, 6.45) is 2.87. The molecule has 37 heavy (non-hydrogen) atoms. The lowest BCUT2D eigenvalue weighted by Crippen LogP contribution is -2.58. The molecule has 1 rings (SSSR count). The number of hydrogen-bond acceptors (Lipinski definition) is 9. The molecule has 1 aromatic heterocycles. The van der Waals surface area contributed by atoms with Crippen LogP contribution in [-0.4, -0.2) is 81.3 Å². The zero-order chi connectivity index (χ0) is 28.0. The van der Waals surface area contributed by atoms with Crippen molar-refractivity contribution in [3.05, 3.63) is 18.2 Å². The Hall–Kier alpha value is -4.05. The molecule has 16 nitrogen and oxygen atoms in total. The first-order valence-electron chi connectivity index (χ1n) is 11.6. The van der Waals surface area contributed by atoms with Gasteiger partial charge >= 0.3 is 5.97 Å². The van der Waals surface area contributed by atoms with Gasteiger partial charge in [0, 0.05) is 24.7 Å². The van der Waals surface area contributed by atoms with Crippen molar-refractivity contribution in [2.24, 2.45) is 22.9 Å². The minimum absolute atomic E-state index is 0.0625. The van der Waals surface area contributed by atoms with Gasteiger partial charge in [-0.3, -0.25) is 24.0 Å². The largest absolute Gasteiger partial charge is 0.480 e. The number of nitrogens with one attached hydrogen (secondary N) is 4. The molecule has 0 aromatic carbocycles. The number of unbranched alkanes of at least 4 members (excludes halogenated alkanes) is 1. The Morgan fingerprint density at radius 3 is 2.05 bits per heavy atom. The standard InChI is InChI=1S/C21H35N9O7/c22-6-2-1-3-13(21(36)37)28-20(35)15(8-17(25)32)30-19(34)14(7-11-9-26-10-27-11)29-18(33)12(23)4-5-16(24)31/h9-10,12-15H,1-8,22-23H2,(H2,24,31)(H2,25,32)(H,26,27)(H,28,35)(H,29,33)(H,30,34)(H,36,37). The van der Waals surface area contributed by atoms with Gasteiger partial charge in [0.15, 0.2) is 0 Å². The number of H-pyrrole nitrogens is 1. The first-order valence-corrected chi connectivity index (χ1v) is 11.6. The molecule has 0 spiro atoms. The molecule has 1 aromatic rings. The molecule has 0 bridgehead atoms. The van der Waals surface area contributed by atoms with Crippen LogP contribution in [0.5, 0.6) is 0 Å². The fourth-order valence-corrected chi connectivity index (χ4v) is 3.24. The van der Waals surface area contributed by atoms with Crippen LogP contribution in [0.15, 0.2) is 12.5 Å². The molecule has 16 heteroatoms. The molecule has 0 fully saturated rings. The van der Waals surface area contributed by atoms with E-state index in [9.17, 15) is 33.9 Å². The maximum absolute atomic E-state index is 13.1. The summed E-state index contributed by atoms with van der Waals surface area (Å²) in [4.78, 5) is 79.1. The Morgan fingerprint density at radius 2 is 1.51 bits per heavy atom. The fraction of sp³-hybridized carbons (Fsp3) is 0.571. The van der Waals surface area contributed by atoms with Gasteiger partial charge in [-0.2, -0.15) is 0 Å². The maximum atomic E-state index is 13.1. The third-order valence-electron chi connectivity index (χ3n) is 5.25. The maximum Gasteiger partial charge on any atom is 0.326 e. The number of carbonyl (C=O) groups is 6. The molecule has 206 valence electrons. The van der Waals surface area contributed by atoms with Crippen LogP contribution in [0.3, 0.4) is 0 Å². The Kier molecular flexibility index (Phi) is 13.3. The van der Waals surface area contributed by atoms with Gasteiger partial charge in [-0.25, -0.2) is 9.78 Å². The lowest BCUT2D eigenvalue weighted by atomic mass is 10.1. The highest BCUT2D eigenvalue weighted by Gasteiger charge is 2.31. The lowest BCUT2D eigenvalue weighted by molar-refractivity contribution is -0.142. The number of rotatable bonds is 18. The minimum Gasteiger partial charge on any atom is -0.480 e. The van der Waals surface area contributed by atoms with Gasteiger partial charge in [-0.1, -0.05) is 0 Å². The number of imidazole rings is 1. The van der Waals surface area contributed by atoms with Crippen molar-refractivity contribution >= 4 is 35.5 Å². The molecule has 4 unspecified atom stereocenters. The van der Waals surface area contributed by atoms with Crippen LogP contribution < -0.4 is 38.9 Å².